The topological polar surface area (TPSA) is 110 Å². The molecule has 3 aromatic rings. The van der Waals surface area contributed by atoms with Crippen LogP contribution in [0.15, 0.2) is 64.2 Å². The second kappa shape index (κ2) is 10.9. The van der Waals surface area contributed by atoms with E-state index in [4.69, 9.17) is 22.1 Å². The van der Waals surface area contributed by atoms with Crippen molar-refractivity contribution in [3.05, 3.63) is 86.0 Å². The van der Waals surface area contributed by atoms with Crippen LogP contribution in [0, 0.1) is 0 Å². The number of halogens is 1. The zero-order valence-electron chi connectivity index (χ0n) is 18.6. The van der Waals surface area contributed by atoms with Gasteiger partial charge in [-0.1, -0.05) is 55.3 Å². The molecule has 0 aliphatic heterocycles. The maximum Gasteiger partial charge on any atom is 0.330 e. The van der Waals surface area contributed by atoms with E-state index >= 15 is 0 Å². The minimum Gasteiger partial charge on any atom is -0.481 e. The summed E-state index contributed by atoms with van der Waals surface area (Å²) < 4.78 is 7.09. The zero-order chi connectivity index (χ0) is 24.0. The highest BCUT2D eigenvalue weighted by Gasteiger charge is 2.29. The minimum atomic E-state index is -0.940. The number of anilines is 2. The number of H-pyrrole nitrogens is 1. The van der Waals surface area contributed by atoms with Crippen LogP contribution in [0.1, 0.15) is 32.3 Å². The van der Waals surface area contributed by atoms with Crippen molar-refractivity contribution in [3.63, 3.8) is 0 Å². The molecule has 0 saturated heterocycles. The number of nitrogen functional groups attached to an aromatic ring is 1. The Morgan fingerprint density at radius 3 is 2.45 bits per heavy atom. The average molecular weight is 471 g/mol. The van der Waals surface area contributed by atoms with E-state index in [9.17, 15) is 14.4 Å². The Morgan fingerprint density at radius 2 is 1.82 bits per heavy atom. The first-order chi connectivity index (χ1) is 15.8. The van der Waals surface area contributed by atoms with Crippen LogP contribution >= 0.6 is 11.6 Å². The predicted octanol–water partition coefficient (Wildman–Crippen LogP) is 3.57. The van der Waals surface area contributed by atoms with Gasteiger partial charge in [0.2, 0.25) is 0 Å². The fraction of sp³-hybridized carbons (Fsp3) is 0.292. The summed E-state index contributed by atoms with van der Waals surface area (Å²) >= 11 is 5.92. The molecule has 3 rings (SSSR count). The number of unbranched alkanes of at least 4 members (excludes halogenated alkanes) is 1. The normalized spacial score (nSPS) is 11.7. The van der Waals surface area contributed by atoms with Crippen LogP contribution in [0.2, 0.25) is 5.02 Å². The van der Waals surface area contributed by atoms with E-state index in [2.05, 4.69) is 4.98 Å². The number of rotatable bonds is 9. The fourth-order valence-corrected chi connectivity index (χ4v) is 3.52. The molecule has 0 spiro atoms. The van der Waals surface area contributed by atoms with Gasteiger partial charge in [0.1, 0.15) is 11.6 Å². The molecule has 8 nitrogen and oxygen atoms in total. The Balaban J connectivity index is 2.03. The number of nitrogens with two attached hydrogens (primary N) is 1. The molecule has 0 aliphatic rings. The largest absolute Gasteiger partial charge is 0.481 e. The van der Waals surface area contributed by atoms with Gasteiger partial charge < -0.3 is 10.5 Å². The molecular formula is C24H27ClN4O4. The van der Waals surface area contributed by atoms with Crippen molar-refractivity contribution in [3.8, 4) is 5.75 Å². The molecule has 0 aliphatic carbocycles. The minimum absolute atomic E-state index is 0.0554. The lowest BCUT2D eigenvalue weighted by Gasteiger charge is -2.27. The van der Waals surface area contributed by atoms with Gasteiger partial charge in [-0.3, -0.25) is 24.0 Å². The van der Waals surface area contributed by atoms with Gasteiger partial charge in [-0.25, -0.2) is 4.79 Å². The summed E-state index contributed by atoms with van der Waals surface area (Å²) in [4.78, 5) is 42.3. The van der Waals surface area contributed by atoms with Crippen LogP contribution in [-0.2, 0) is 17.9 Å². The van der Waals surface area contributed by atoms with Crippen LogP contribution in [-0.4, -0.2) is 21.6 Å². The molecule has 1 aromatic heterocycles. The van der Waals surface area contributed by atoms with E-state index < -0.39 is 23.3 Å². The molecule has 1 atom stereocenters. The van der Waals surface area contributed by atoms with Crippen molar-refractivity contribution in [2.24, 2.45) is 0 Å². The van der Waals surface area contributed by atoms with E-state index in [0.717, 1.165) is 12.0 Å². The number of benzene rings is 2. The number of hydrogen-bond acceptors (Lipinski definition) is 5. The number of carbonyl (C=O) groups is 1. The summed E-state index contributed by atoms with van der Waals surface area (Å²) in [7, 11) is 0. The third kappa shape index (κ3) is 5.84. The van der Waals surface area contributed by atoms with Gasteiger partial charge in [0, 0.05) is 11.6 Å². The molecular weight excluding hydrogens is 444 g/mol. The number of aromatic nitrogens is 2. The summed E-state index contributed by atoms with van der Waals surface area (Å²) in [5.41, 5.74) is 5.66. The SMILES string of the molecule is CCCCn1c(N)c(N(Cc2ccccc2)C(=O)C(C)Oc2ccc(Cl)cc2)c(=O)[nH]c1=O. The smallest absolute Gasteiger partial charge is 0.330 e. The first-order valence-electron chi connectivity index (χ1n) is 10.7. The molecule has 1 amide bonds. The van der Waals surface area contributed by atoms with Gasteiger partial charge in [0.05, 0.1) is 6.54 Å². The second-order valence-electron chi connectivity index (χ2n) is 7.62. The van der Waals surface area contributed by atoms with Gasteiger partial charge in [-0.2, -0.15) is 0 Å². The highest BCUT2D eigenvalue weighted by atomic mass is 35.5. The number of hydrogen-bond donors (Lipinski definition) is 2. The van der Waals surface area contributed by atoms with Crippen LogP contribution in [0.4, 0.5) is 11.5 Å². The van der Waals surface area contributed by atoms with Crippen LogP contribution < -0.4 is 26.6 Å². The number of nitrogens with one attached hydrogen (secondary N) is 1. The van der Waals surface area contributed by atoms with Crippen LogP contribution in [0.25, 0.3) is 0 Å². The van der Waals surface area contributed by atoms with Gasteiger partial charge in [-0.05, 0) is 43.2 Å². The summed E-state index contributed by atoms with van der Waals surface area (Å²) in [5.74, 6) is -0.0819. The third-order valence-corrected chi connectivity index (χ3v) is 5.40. The third-order valence-electron chi connectivity index (χ3n) is 5.14. The molecule has 3 N–H and O–H groups in total. The summed E-state index contributed by atoms with van der Waals surface area (Å²) in [6, 6.07) is 15.8. The van der Waals surface area contributed by atoms with Crippen molar-refractivity contribution in [1.82, 2.24) is 9.55 Å². The fourth-order valence-electron chi connectivity index (χ4n) is 3.40. The molecule has 33 heavy (non-hydrogen) atoms. The van der Waals surface area contributed by atoms with Gasteiger partial charge in [0.25, 0.3) is 11.5 Å². The first kappa shape index (κ1) is 24.1. The molecule has 174 valence electrons. The molecule has 0 radical (unpaired) electrons. The highest BCUT2D eigenvalue weighted by Crippen LogP contribution is 2.23. The Kier molecular flexibility index (Phi) is 7.95. The lowest BCUT2D eigenvalue weighted by Crippen LogP contribution is -2.45. The average Bonchev–Trinajstić information content (AvgIpc) is 2.79. The van der Waals surface area contributed by atoms with E-state index in [1.165, 1.54) is 9.47 Å². The number of ether oxygens (including phenoxy) is 1. The summed E-state index contributed by atoms with van der Waals surface area (Å²) in [6.45, 7) is 3.98. The number of carbonyl (C=O) groups excluding carboxylic acids is 1. The number of aromatic amines is 1. The van der Waals surface area contributed by atoms with E-state index in [0.29, 0.717) is 23.7 Å². The molecule has 1 heterocycles. The maximum atomic E-state index is 13.5. The van der Waals surface area contributed by atoms with Gasteiger partial charge in [0.15, 0.2) is 11.8 Å². The molecule has 1 unspecified atom stereocenters. The molecule has 0 saturated carbocycles. The standard InChI is InChI=1S/C24H27ClN4O4/c1-3-4-14-28-21(26)20(22(30)27-24(28)32)29(15-17-8-6-5-7-9-17)23(31)16(2)33-19-12-10-18(25)11-13-19/h5-13,16H,3-4,14-15,26H2,1-2H3,(H,27,30,32). The lowest BCUT2D eigenvalue weighted by molar-refractivity contribution is -0.124. The first-order valence-corrected chi connectivity index (χ1v) is 11.1. The lowest BCUT2D eigenvalue weighted by atomic mass is 10.2. The monoisotopic (exact) mass is 470 g/mol. The maximum absolute atomic E-state index is 13.5. The van der Waals surface area contributed by atoms with Gasteiger partial charge in [-0.15, -0.1) is 0 Å². The quantitative estimate of drug-likeness (QED) is 0.496. The van der Waals surface area contributed by atoms with Crippen molar-refractivity contribution in [2.45, 2.75) is 45.9 Å². The van der Waals surface area contributed by atoms with Crippen LogP contribution in [0.3, 0.4) is 0 Å². The van der Waals surface area contributed by atoms with Crippen molar-refractivity contribution < 1.29 is 9.53 Å². The second-order valence-corrected chi connectivity index (χ2v) is 8.06. The molecule has 2 aromatic carbocycles. The van der Waals surface area contributed by atoms with Crippen LogP contribution in [0.5, 0.6) is 5.75 Å². The van der Waals surface area contributed by atoms with E-state index in [-0.39, 0.29) is 18.1 Å². The van der Waals surface area contributed by atoms with Gasteiger partial charge >= 0.3 is 5.69 Å². The highest BCUT2D eigenvalue weighted by molar-refractivity contribution is 6.30. The van der Waals surface area contributed by atoms with Crippen molar-refractivity contribution in [1.29, 1.82) is 0 Å². The molecule has 0 fully saturated rings. The Morgan fingerprint density at radius 1 is 1.15 bits per heavy atom. The summed E-state index contributed by atoms with van der Waals surface area (Å²) in [5, 5.41) is 0.542. The number of nitrogens with zero attached hydrogens (tertiary/aromatic N) is 2. The number of amides is 1. The Hall–Kier alpha value is -3.52. The predicted molar refractivity (Wildman–Crippen MR) is 130 cm³/mol. The van der Waals surface area contributed by atoms with Crippen molar-refractivity contribution >= 4 is 29.0 Å². The Labute approximate surface area is 196 Å². The summed E-state index contributed by atoms with van der Waals surface area (Å²) in [6.07, 6.45) is 0.585. The van der Waals surface area contributed by atoms with E-state index in [1.54, 1.807) is 31.2 Å². The zero-order valence-corrected chi connectivity index (χ0v) is 19.3. The molecule has 0 bridgehead atoms. The molecule has 9 heteroatoms. The van der Waals surface area contributed by atoms with E-state index in [1.807, 2.05) is 37.3 Å². The van der Waals surface area contributed by atoms with Crippen molar-refractivity contribution in [2.75, 3.05) is 10.6 Å². The Bertz CT molecular complexity index is 1210.